The van der Waals surface area contributed by atoms with Crippen LogP contribution in [0.3, 0.4) is 0 Å². The number of hydrogen-bond acceptors (Lipinski definition) is 3. The van der Waals surface area contributed by atoms with Gasteiger partial charge in [-0.2, -0.15) is 0 Å². The third-order valence-electron chi connectivity index (χ3n) is 4.31. The second kappa shape index (κ2) is 9.22. The van der Waals surface area contributed by atoms with E-state index in [1.165, 1.54) is 0 Å². The van der Waals surface area contributed by atoms with E-state index in [9.17, 15) is 9.59 Å². The smallest absolute Gasteiger partial charge is 0.248 e. The molecular weight excluding hydrogens is 330 g/mol. The summed E-state index contributed by atoms with van der Waals surface area (Å²) >= 11 is 0. The van der Waals surface area contributed by atoms with Crippen molar-refractivity contribution >= 4 is 17.8 Å². The van der Waals surface area contributed by atoms with Crippen LogP contribution in [0.1, 0.15) is 43.1 Å². The average molecular weight is 359 g/mol. The van der Waals surface area contributed by atoms with Crippen molar-refractivity contribution in [3.05, 3.63) is 35.4 Å². The van der Waals surface area contributed by atoms with Crippen LogP contribution in [0.5, 0.6) is 0 Å². The molecule has 1 saturated heterocycles. The van der Waals surface area contributed by atoms with Crippen molar-refractivity contribution in [3.63, 3.8) is 0 Å². The summed E-state index contributed by atoms with van der Waals surface area (Å²) in [4.78, 5) is 29.9. The van der Waals surface area contributed by atoms with Crippen LogP contribution < -0.4 is 16.4 Å². The minimum atomic E-state index is -0.443. The van der Waals surface area contributed by atoms with Crippen molar-refractivity contribution in [2.45, 2.75) is 39.8 Å². The molecule has 1 fully saturated rings. The molecule has 2 rings (SSSR count). The SMILES string of the molecule is CCNC(=NCc1cccc(C(N)=O)c1)NC1CCN(C(=O)C(C)C)C1. The first-order valence-corrected chi connectivity index (χ1v) is 9.13. The lowest BCUT2D eigenvalue weighted by molar-refractivity contribution is -0.133. The van der Waals surface area contributed by atoms with E-state index in [0.29, 0.717) is 24.6 Å². The van der Waals surface area contributed by atoms with Gasteiger partial charge in [-0.25, -0.2) is 4.99 Å². The molecule has 0 spiro atoms. The topological polar surface area (TPSA) is 99.8 Å². The number of likely N-dealkylation sites (tertiary alicyclic amines) is 1. The van der Waals surface area contributed by atoms with Crippen molar-refractivity contribution in [3.8, 4) is 0 Å². The van der Waals surface area contributed by atoms with Crippen LogP contribution >= 0.6 is 0 Å². The lowest BCUT2D eigenvalue weighted by Crippen LogP contribution is -2.45. The zero-order valence-electron chi connectivity index (χ0n) is 15.8. The van der Waals surface area contributed by atoms with E-state index in [2.05, 4.69) is 15.6 Å². The van der Waals surface area contributed by atoms with Gasteiger partial charge in [0.2, 0.25) is 11.8 Å². The molecule has 142 valence electrons. The molecule has 1 aliphatic rings. The van der Waals surface area contributed by atoms with Crippen LogP contribution in [0.25, 0.3) is 0 Å². The Morgan fingerprint density at radius 2 is 2.15 bits per heavy atom. The lowest BCUT2D eigenvalue weighted by Gasteiger charge is -2.20. The zero-order valence-corrected chi connectivity index (χ0v) is 15.8. The van der Waals surface area contributed by atoms with E-state index in [-0.39, 0.29) is 17.9 Å². The highest BCUT2D eigenvalue weighted by Crippen LogP contribution is 2.13. The number of carbonyl (C=O) groups excluding carboxylic acids is 2. The Morgan fingerprint density at radius 3 is 2.81 bits per heavy atom. The number of rotatable bonds is 6. The molecule has 1 unspecified atom stereocenters. The molecule has 0 radical (unpaired) electrons. The zero-order chi connectivity index (χ0) is 19.1. The molecule has 0 saturated carbocycles. The number of nitrogens with one attached hydrogen (secondary N) is 2. The van der Waals surface area contributed by atoms with Gasteiger partial charge in [-0.3, -0.25) is 9.59 Å². The fourth-order valence-corrected chi connectivity index (χ4v) is 2.95. The van der Waals surface area contributed by atoms with Gasteiger partial charge in [0.25, 0.3) is 0 Å². The van der Waals surface area contributed by atoms with Gasteiger partial charge in [-0.1, -0.05) is 26.0 Å². The fourth-order valence-electron chi connectivity index (χ4n) is 2.95. The van der Waals surface area contributed by atoms with Crippen molar-refractivity contribution in [1.29, 1.82) is 0 Å². The number of nitrogens with two attached hydrogens (primary N) is 1. The predicted molar refractivity (Wildman–Crippen MR) is 103 cm³/mol. The van der Waals surface area contributed by atoms with Gasteiger partial charge in [0, 0.05) is 37.2 Å². The molecule has 0 aromatic heterocycles. The number of amides is 2. The molecule has 26 heavy (non-hydrogen) atoms. The highest BCUT2D eigenvalue weighted by Gasteiger charge is 2.27. The standard InChI is InChI=1S/C19H29N5O2/c1-4-21-19(22-11-14-6-5-7-15(10-14)17(20)25)23-16-8-9-24(12-16)18(26)13(2)3/h5-7,10,13,16H,4,8-9,11-12H2,1-3H3,(H2,20,25)(H2,21,22,23). The van der Waals surface area contributed by atoms with Crippen LogP contribution in [-0.2, 0) is 11.3 Å². The monoisotopic (exact) mass is 359 g/mol. The first kappa shape index (κ1) is 19.8. The van der Waals surface area contributed by atoms with Crippen LogP contribution in [0.15, 0.2) is 29.3 Å². The molecule has 1 aromatic rings. The Labute approximate surface area is 155 Å². The van der Waals surface area contributed by atoms with Gasteiger partial charge in [0.1, 0.15) is 0 Å². The van der Waals surface area contributed by atoms with Gasteiger partial charge in [-0.15, -0.1) is 0 Å². The summed E-state index contributed by atoms with van der Waals surface area (Å²) in [7, 11) is 0. The third-order valence-corrected chi connectivity index (χ3v) is 4.31. The van der Waals surface area contributed by atoms with E-state index >= 15 is 0 Å². The molecule has 0 bridgehead atoms. The maximum atomic E-state index is 12.1. The average Bonchev–Trinajstić information content (AvgIpc) is 3.07. The molecule has 0 aliphatic carbocycles. The maximum absolute atomic E-state index is 12.1. The van der Waals surface area contributed by atoms with E-state index in [1.54, 1.807) is 18.2 Å². The minimum absolute atomic E-state index is 0.0215. The summed E-state index contributed by atoms with van der Waals surface area (Å²) in [5, 5.41) is 6.63. The number of carbonyl (C=O) groups is 2. The fraction of sp³-hybridized carbons (Fsp3) is 0.526. The van der Waals surface area contributed by atoms with E-state index in [0.717, 1.165) is 25.1 Å². The summed E-state index contributed by atoms with van der Waals surface area (Å²) in [5.74, 6) is 0.482. The number of aliphatic imine (C=N–C) groups is 1. The number of nitrogens with zero attached hydrogens (tertiary/aromatic N) is 2. The van der Waals surface area contributed by atoms with Crippen LogP contribution in [-0.4, -0.2) is 48.3 Å². The van der Waals surface area contributed by atoms with Crippen molar-refractivity contribution in [1.82, 2.24) is 15.5 Å². The Bertz CT molecular complexity index is 672. The van der Waals surface area contributed by atoms with Gasteiger partial charge in [-0.05, 0) is 31.0 Å². The quantitative estimate of drug-likeness (QED) is 0.523. The molecule has 1 aliphatic heterocycles. The van der Waals surface area contributed by atoms with Gasteiger partial charge < -0.3 is 21.3 Å². The molecule has 7 nitrogen and oxygen atoms in total. The lowest BCUT2D eigenvalue weighted by atomic mass is 10.1. The van der Waals surface area contributed by atoms with E-state index in [1.807, 2.05) is 31.7 Å². The van der Waals surface area contributed by atoms with Gasteiger partial charge in [0.15, 0.2) is 5.96 Å². The first-order valence-electron chi connectivity index (χ1n) is 9.13. The number of hydrogen-bond donors (Lipinski definition) is 3. The normalized spacial score (nSPS) is 17.5. The molecule has 7 heteroatoms. The van der Waals surface area contributed by atoms with E-state index in [4.69, 9.17) is 5.73 Å². The molecular formula is C19H29N5O2. The largest absolute Gasteiger partial charge is 0.366 e. The number of benzene rings is 1. The van der Waals surface area contributed by atoms with Gasteiger partial charge in [0.05, 0.1) is 6.54 Å². The van der Waals surface area contributed by atoms with Crippen LogP contribution in [0.2, 0.25) is 0 Å². The first-order chi connectivity index (χ1) is 12.4. The Morgan fingerprint density at radius 1 is 1.38 bits per heavy atom. The minimum Gasteiger partial charge on any atom is -0.366 e. The molecule has 2 amide bonds. The number of primary amides is 1. The van der Waals surface area contributed by atoms with Crippen molar-refractivity contribution < 1.29 is 9.59 Å². The molecule has 1 atom stereocenters. The summed E-state index contributed by atoms with van der Waals surface area (Å²) in [6.07, 6.45) is 0.903. The summed E-state index contributed by atoms with van der Waals surface area (Å²) in [6, 6.07) is 7.36. The van der Waals surface area contributed by atoms with Gasteiger partial charge >= 0.3 is 0 Å². The Kier molecular flexibility index (Phi) is 7.00. The maximum Gasteiger partial charge on any atom is 0.248 e. The predicted octanol–water partition coefficient (Wildman–Crippen LogP) is 1.10. The summed E-state index contributed by atoms with van der Waals surface area (Å²) in [5.41, 5.74) is 6.72. The Hall–Kier alpha value is -2.57. The number of guanidine groups is 1. The van der Waals surface area contributed by atoms with E-state index < -0.39 is 5.91 Å². The highest BCUT2D eigenvalue weighted by molar-refractivity contribution is 5.92. The van der Waals surface area contributed by atoms with Crippen LogP contribution in [0, 0.1) is 5.92 Å². The molecule has 1 aromatic carbocycles. The second-order valence-corrected chi connectivity index (χ2v) is 6.83. The van der Waals surface area contributed by atoms with Crippen molar-refractivity contribution in [2.75, 3.05) is 19.6 Å². The Balaban J connectivity index is 1.98. The molecule has 4 N–H and O–H groups in total. The summed E-state index contributed by atoms with van der Waals surface area (Å²) in [6.45, 7) is 8.51. The molecule has 1 heterocycles. The third kappa shape index (κ3) is 5.47. The summed E-state index contributed by atoms with van der Waals surface area (Å²) < 4.78 is 0. The van der Waals surface area contributed by atoms with Crippen molar-refractivity contribution in [2.24, 2.45) is 16.6 Å². The van der Waals surface area contributed by atoms with Crippen LogP contribution in [0.4, 0.5) is 0 Å². The highest BCUT2D eigenvalue weighted by atomic mass is 16.2. The second-order valence-electron chi connectivity index (χ2n) is 6.83.